The van der Waals surface area contributed by atoms with Crippen molar-refractivity contribution in [2.45, 2.75) is 12.5 Å². The van der Waals surface area contributed by atoms with Gasteiger partial charge in [-0.1, -0.05) is 18.2 Å². The molecule has 0 radical (unpaired) electrons. The minimum absolute atomic E-state index is 0.0276. The van der Waals surface area contributed by atoms with Gasteiger partial charge in [-0.15, -0.1) is 0 Å². The van der Waals surface area contributed by atoms with Crippen LogP contribution >= 0.6 is 0 Å². The maximum Gasteiger partial charge on any atom is 0.243 e. The highest BCUT2D eigenvalue weighted by Gasteiger charge is 2.31. The maximum absolute atomic E-state index is 13.6. The number of rotatable bonds is 3. The van der Waals surface area contributed by atoms with Gasteiger partial charge in [-0.05, 0) is 11.6 Å². The molecule has 0 aliphatic carbocycles. The van der Waals surface area contributed by atoms with Crippen molar-refractivity contribution in [3.8, 4) is 0 Å². The number of carbonyl (C=O) groups excluding carboxylic acids is 2. The van der Waals surface area contributed by atoms with Crippen molar-refractivity contribution in [1.29, 1.82) is 0 Å². The molecule has 1 heterocycles. The zero-order valence-electron chi connectivity index (χ0n) is 11.4. The monoisotopic (exact) mass is 279 g/mol. The van der Waals surface area contributed by atoms with Crippen molar-refractivity contribution in [3.63, 3.8) is 0 Å². The summed E-state index contributed by atoms with van der Waals surface area (Å²) in [5.74, 6) is -0.836. The van der Waals surface area contributed by atoms with E-state index in [1.54, 1.807) is 18.2 Å². The molecule has 1 aliphatic heterocycles. The molecule has 0 bridgehead atoms. The molecule has 6 heteroatoms. The summed E-state index contributed by atoms with van der Waals surface area (Å²) in [6, 6.07) is 5.66. The molecule has 5 nitrogen and oxygen atoms in total. The third-order valence-electron chi connectivity index (χ3n) is 3.41. The summed E-state index contributed by atoms with van der Waals surface area (Å²) >= 11 is 0. The lowest BCUT2D eigenvalue weighted by atomic mass is 10.1. The Morgan fingerprint density at radius 1 is 1.45 bits per heavy atom. The molecule has 1 aliphatic rings. The van der Waals surface area contributed by atoms with Gasteiger partial charge in [-0.2, -0.15) is 0 Å². The third kappa shape index (κ3) is 3.14. The molecule has 2 N–H and O–H groups in total. The standard InChI is InChI=1S/C14H18FN3O2/c1-16-14(20)12-9-17-6-7-18(12)13(19)8-10-4-2-3-5-11(10)15/h2-5,12,17H,6-9H2,1H3,(H,16,20)/t12-/m1/s1. The summed E-state index contributed by atoms with van der Waals surface area (Å²) in [7, 11) is 1.54. The zero-order chi connectivity index (χ0) is 14.5. The predicted molar refractivity (Wildman–Crippen MR) is 72.5 cm³/mol. The number of amides is 2. The molecule has 20 heavy (non-hydrogen) atoms. The molecule has 1 atom stereocenters. The summed E-state index contributed by atoms with van der Waals surface area (Å²) in [6.45, 7) is 1.50. The van der Waals surface area contributed by atoms with Crippen LogP contribution in [0.2, 0.25) is 0 Å². The molecule has 2 amide bonds. The largest absolute Gasteiger partial charge is 0.357 e. The molecule has 2 rings (SSSR count). The van der Waals surface area contributed by atoms with Gasteiger partial charge < -0.3 is 15.5 Å². The van der Waals surface area contributed by atoms with E-state index in [1.165, 1.54) is 18.0 Å². The highest BCUT2D eigenvalue weighted by molar-refractivity contribution is 5.88. The molecule has 0 unspecified atom stereocenters. The van der Waals surface area contributed by atoms with Crippen LogP contribution in [-0.4, -0.2) is 49.4 Å². The normalized spacial score (nSPS) is 18.7. The van der Waals surface area contributed by atoms with E-state index in [-0.39, 0.29) is 18.2 Å². The van der Waals surface area contributed by atoms with E-state index in [2.05, 4.69) is 10.6 Å². The summed E-state index contributed by atoms with van der Waals surface area (Å²) in [5, 5.41) is 5.63. The summed E-state index contributed by atoms with van der Waals surface area (Å²) < 4.78 is 13.6. The van der Waals surface area contributed by atoms with E-state index < -0.39 is 11.9 Å². The lowest BCUT2D eigenvalue weighted by Crippen LogP contribution is -2.59. The van der Waals surface area contributed by atoms with Gasteiger partial charge in [0.2, 0.25) is 11.8 Å². The van der Waals surface area contributed by atoms with E-state index >= 15 is 0 Å². The first-order valence-electron chi connectivity index (χ1n) is 6.58. The van der Waals surface area contributed by atoms with E-state index in [1.807, 2.05) is 0 Å². The lowest BCUT2D eigenvalue weighted by molar-refractivity contribution is -0.140. The second-order valence-electron chi connectivity index (χ2n) is 4.69. The quantitative estimate of drug-likeness (QED) is 0.813. The van der Waals surface area contributed by atoms with Crippen molar-refractivity contribution < 1.29 is 14.0 Å². The van der Waals surface area contributed by atoms with Crippen LogP contribution in [0.15, 0.2) is 24.3 Å². The van der Waals surface area contributed by atoms with Crippen LogP contribution in [0, 0.1) is 5.82 Å². The van der Waals surface area contributed by atoms with Gasteiger partial charge in [-0.25, -0.2) is 4.39 Å². The molecule has 1 aromatic carbocycles. The number of hydrogen-bond acceptors (Lipinski definition) is 3. The van der Waals surface area contributed by atoms with Crippen molar-refractivity contribution in [1.82, 2.24) is 15.5 Å². The number of nitrogens with one attached hydrogen (secondary N) is 2. The van der Waals surface area contributed by atoms with Crippen LogP contribution in [0.5, 0.6) is 0 Å². The number of halogens is 1. The van der Waals surface area contributed by atoms with Crippen LogP contribution in [0.3, 0.4) is 0 Å². The fraction of sp³-hybridized carbons (Fsp3) is 0.429. The minimum atomic E-state index is -0.534. The van der Waals surface area contributed by atoms with E-state index in [9.17, 15) is 14.0 Å². The number of likely N-dealkylation sites (N-methyl/N-ethyl adjacent to an activating group) is 1. The lowest BCUT2D eigenvalue weighted by Gasteiger charge is -2.35. The Labute approximate surface area is 117 Å². The van der Waals surface area contributed by atoms with Crippen LogP contribution in [0.25, 0.3) is 0 Å². The van der Waals surface area contributed by atoms with Crippen LogP contribution in [0.4, 0.5) is 4.39 Å². The molecule has 0 aromatic heterocycles. The van der Waals surface area contributed by atoms with Gasteiger partial charge >= 0.3 is 0 Å². The van der Waals surface area contributed by atoms with Crippen molar-refractivity contribution in [2.75, 3.05) is 26.7 Å². The Balaban J connectivity index is 2.10. The second kappa shape index (κ2) is 6.47. The molecule has 1 fully saturated rings. The van der Waals surface area contributed by atoms with E-state index in [0.29, 0.717) is 25.2 Å². The Morgan fingerprint density at radius 3 is 2.90 bits per heavy atom. The fourth-order valence-electron chi connectivity index (χ4n) is 2.31. The predicted octanol–water partition coefficient (Wildman–Crippen LogP) is -0.0854. The number of nitrogens with zero attached hydrogens (tertiary/aromatic N) is 1. The van der Waals surface area contributed by atoms with Crippen LogP contribution in [0.1, 0.15) is 5.56 Å². The van der Waals surface area contributed by atoms with Crippen molar-refractivity contribution >= 4 is 11.8 Å². The molecule has 108 valence electrons. The van der Waals surface area contributed by atoms with Crippen molar-refractivity contribution in [3.05, 3.63) is 35.6 Å². The minimum Gasteiger partial charge on any atom is -0.357 e. The van der Waals surface area contributed by atoms with Crippen LogP contribution in [-0.2, 0) is 16.0 Å². The Kier molecular flexibility index (Phi) is 4.68. The van der Waals surface area contributed by atoms with Gasteiger partial charge in [0.15, 0.2) is 0 Å². The highest BCUT2D eigenvalue weighted by Crippen LogP contribution is 2.11. The number of piperazine rings is 1. The average Bonchev–Trinajstić information content (AvgIpc) is 2.48. The number of benzene rings is 1. The average molecular weight is 279 g/mol. The Bertz CT molecular complexity index is 507. The molecule has 0 spiro atoms. The smallest absolute Gasteiger partial charge is 0.243 e. The van der Waals surface area contributed by atoms with E-state index in [4.69, 9.17) is 0 Å². The third-order valence-corrected chi connectivity index (χ3v) is 3.41. The zero-order valence-corrected chi connectivity index (χ0v) is 11.4. The molecule has 0 saturated carbocycles. The van der Waals surface area contributed by atoms with Gasteiger partial charge in [-0.3, -0.25) is 9.59 Å². The molecule has 1 saturated heterocycles. The highest BCUT2D eigenvalue weighted by atomic mass is 19.1. The van der Waals surface area contributed by atoms with Gasteiger partial charge in [0, 0.05) is 26.7 Å². The van der Waals surface area contributed by atoms with Gasteiger partial charge in [0.05, 0.1) is 6.42 Å². The summed E-state index contributed by atoms with van der Waals surface area (Å²) in [5.41, 5.74) is 0.353. The first-order chi connectivity index (χ1) is 9.63. The maximum atomic E-state index is 13.6. The SMILES string of the molecule is CNC(=O)[C@H]1CNCCN1C(=O)Cc1ccccc1F. The second-order valence-corrected chi connectivity index (χ2v) is 4.69. The molecule has 1 aromatic rings. The van der Waals surface area contributed by atoms with Crippen molar-refractivity contribution in [2.24, 2.45) is 0 Å². The van der Waals surface area contributed by atoms with Gasteiger partial charge in [0.25, 0.3) is 0 Å². The van der Waals surface area contributed by atoms with Gasteiger partial charge in [0.1, 0.15) is 11.9 Å². The summed E-state index contributed by atoms with van der Waals surface area (Å²) in [4.78, 5) is 25.6. The first kappa shape index (κ1) is 14.5. The molecular weight excluding hydrogens is 261 g/mol. The number of carbonyl (C=O) groups is 2. The van der Waals surface area contributed by atoms with E-state index in [0.717, 1.165) is 0 Å². The Morgan fingerprint density at radius 2 is 2.20 bits per heavy atom. The molecular formula is C14H18FN3O2. The van der Waals surface area contributed by atoms with Crippen LogP contribution < -0.4 is 10.6 Å². The first-order valence-corrected chi connectivity index (χ1v) is 6.58. The topological polar surface area (TPSA) is 61.4 Å². The fourth-order valence-corrected chi connectivity index (χ4v) is 2.31. The Hall–Kier alpha value is -1.95. The number of hydrogen-bond donors (Lipinski definition) is 2. The summed E-state index contributed by atoms with van der Waals surface area (Å²) in [6.07, 6.45) is -0.0276.